The van der Waals surface area contributed by atoms with Crippen LogP contribution in [0.2, 0.25) is 0 Å². The minimum Gasteiger partial charge on any atom is -0.462 e. The molecule has 6 nitrogen and oxygen atoms in total. The minimum atomic E-state index is -0.773. The molecule has 0 aromatic carbocycles. The summed E-state index contributed by atoms with van der Waals surface area (Å²) in [4.78, 5) is 38.1. The second-order valence-electron chi connectivity index (χ2n) is 21.0. The van der Waals surface area contributed by atoms with Crippen LogP contribution in [0.4, 0.5) is 0 Å². The zero-order valence-corrected chi connectivity index (χ0v) is 47.5. The van der Waals surface area contributed by atoms with Crippen molar-refractivity contribution in [1.29, 1.82) is 0 Å². The molecule has 0 aliphatic heterocycles. The Balaban J connectivity index is 4.22. The summed E-state index contributed by atoms with van der Waals surface area (Å²) < 4.78 is 16.9. The molecule has 0 spiro atoms. The highest BCUT2D eigenvalue weighted by molar-refractivity contribution is 5.71. The standard InChI is InChI=1S/C65H118O6/c1-4-7-10-13-16-19-21-23-25-27-29-31-32-34-35-37-39-41-43-46-49-52-55-58-64(67)70-61-62(60-69-63(66)57-54-51-48-45-18-15-12-9-6-3)71-65(68)59-56-53-50-47-44-42-40-38-36-33-30-28-26-24-22-20-17-14-11-8-5-2/h21-24,27-30,62H,4-20,25-26,31-61H2,1-3H3/b23-21-,24-22-,29-27-,30-28-. The van der Waals surface area contributed by atoms with Gasteiger partial charge in [-0.3, -0.25) is 14.4 Å². The molecule has 0 aliphatic rings. The molecule has 0 fully saturated rings. The van der Waals surface area contributed by atoms with E-state index in [1.54, 1.807) is 0 Å². The van der Waals surface area contributed by atoms with Gasteiger partial charge in [0.1, 0.15) is 13.2 Å². The molecule has 0 saturated carbocycles. The number of rotatable bonds is 57. The van der Waals surface area contributed by atoms with Gasteiger partial charge in [-0.25, -0.2) is 0 Å². The highest BCUT2D eigenvalue weighted by Gasteiger charge is 2.19. The third-order valence-corrected chi connectivity index (χ3v) is 13.8. The Morgan fingerprint density at radius 3 is 0.775 bits per heavy atom. The summed E-state index contributed by atoms with van der Waals surface area (Å²) in [6.45, 7) is 6.64. The van der Waals surface area contributed by atoms with Crippen LogP contribution in [0.25, 0.3) is 0 Å². The monoisotopic (exact) mass is 995 g/mol. The predicted octanol–water partition coefficient (Wildman–Crippen LogP) is 21.0. The van der Waals surface area contributed by atoms with Crippen LogP contribution in [0.15, 0.2) is 48.6 Å². The first-order valence-electron chi connectivity index (χ1n) is 31.1. The lowest BCUT2D eigenvalue weighted by Gasteiger charge is -2.18. The molecule has 0 rings (SSSR count). The second-order valence-corrected chi connectivity index (χ2v) is 21.0. The lowest BCUT2D eigenvalue weighted by molar-refractivity contribution is -0.167. The molecule has 0 N–H and O–H groups in total. The minimum absolute atomic E-state index is 0.0724. The van der Waals surface area contributed by atoms with E-state index in [1.807, 2.05) is 0 Å². The fourth-order valence-corrected chi connectivity index (χ4v) is 9.09. The molecule has 0 aliphatic carbocycles. The number of carbonyl (C=O) groups excluding carboxylic acids is 3. The van der Waals surface area contributed by atoms with Crippen molar-refractivity contribution in [3.63, 3.8) is 0 Å². The SMILES string of the molecule is CCCCCCC/C=C\C/C=C\CCCCCCCCCCCCCC(=O)OCC(COC(=O)CCCCCCCCCCC)OC(=O)CCCCCCCCCCC/C=C\C/C=C\CCCCCCC. The van der Waals surface area contributed by atoms with E-state index in [9.17, 15) is 14.4 Å². The molecule has 414 valence electrons. The summed E-state index contributed by atoms with van der Waals surface area (Å²) in [5.41, 5.74) is 0. The summed E-state index contributed by atoms with van der Waals surface area (Å²) in [5, 5.41) is 0. The van der Waals surface area contributed by atoms with Crippen LogP contribution in [0, 0.1) is 0 Å². The molecule has 0 radical (unpaired) electrons. The number of hydrogen-bond acceptors (Lipinski definition) is 6. The van der Waals surface area contributed by atoms with E-state index in [-0.39, 0.29) is 31.1 Å². The summed E-state index contributed by atoms with van der Waals surface area (Å²) in [5.74, 6) is -0.865. The molecule has 0 bridgehead atoms. The van der Waals surface area contributed by atoms with Crippen LogP contribution in [-0.2, 0) is 28.6 Å². The number of ether oxygens (including phenoxy) is 3. The van der Waals surface area contributed by atoms with Crippen molar-refractivity contribution in [1.82, 2.24) is 0 Å². The van der Waals surface area contributed by atoms with Gasteiger partial charge >= 0.3 is 17.9 Å². The van der Waals surface area contributed by atoms with E-state index in [4.69, 9.17) is 14.2 Å². The number of unbranched alkanes of at least 4 members (excludes halogenated alkanes) is 38. The Labute approximate surface area is 441 Å². The maximum absolute atomic E-state index is 12.9. The third kappa shape index (κ3) is 58.1. The summed E-state index contributed by atoms with van der Waals surface area (Å²) >= 11 is 0. The van der Waals surface area contributed by atoms with Crippen molar-refractivity contribution in [2.45, 2.75) is 335 Å². The van der Waals surface area contributed by atoms with Crippen LogP contribution in [0.1, 0.15) is 329 Å². The van der Waals surface area contributed by atoms with E-state index >= 15 is 0 Å². The van der Waals surface area contributed by atoms with Crippen molar-refractivity contribution in [3.8, 4) is 0 Å². The molecular formula is C65H118O6. The number of allylic oxidation sites excluding steroid dienone is 8. The molecule has 1 atom stereocenters. The molecule has 0 amide bonds. The first-order valence-corrected chi connectivity index (χ1v) is 31.1. The maximum Gasteiger partial charge on any atom is 0.306 e. The zero-order valence-electron chi connectivity index (χ0n) is 47.5. The Morgan fingerprint density at radius 1 is 0.282 bits per heavy atom. The molecule has 1 unspecified atom stereocenters. The fraction of sp³-hybridized carbons (Fsp3) is 0.831. The average molecular weight is 996 g/mol. The highest BCUT2D eigenvalue weighted by Crippen LogP contribution is 2.16. The van der Waals surface area contributed by atoms with Crippen LogP contribution in [0.3, 0.4) is 0 Å². The molecule has 6 heteroatoms. The van der Waals surface area contributed by atoms with Gasteiger partial charge in [0.05, 0.1) is 0 Å². The van der Waals surface area contributed by atoms with Gasteiger partial charge in [0.2, 0.25) is 0 Å². The lowest BCUT2D eigenvalue weighted by Crippen LogP contribution is -2.30. The number of hydrogen-bond donors (Lipinski definition) is 0. The normalized spacial score (nSPS) is 12.3. The second kappa shape index (κ2) is 59.9. The Morgan fingerprint density at radius 2 is 0.507 bits per heavy atom. The molecule has 0 heterocycles. The smallest absolute Gasteiger partial charge is 0.306 e. The first kappa shape index (κ1) is 68.4. The number of carbonyl (C=O) groups is 3. The van der Waals surface area contributed by atoms with Crippen LogP contribution in [-0.4, -0.2) is 37.2 Å². The molecule has 0 saturated heterocycles. The summed E-state index contributed by atoms with van der Waals surface area (Å²) in [6, 6.07) is 0. The van der Waals surface area contributed by atoms with Crippen molar-refractivity contribution < 1.29 is 28.6 Å². The quantitative estimate of drug-likeness (QED) is 0.0261. The van der Waals surface area contributed by atoms with E-state index in [2.05, 4.69) is 69.4 Å². The van der Waals surface area contributed by atoms with Gasteiger partial charge in [-0.05, 0) is 83.5 Å². The van der Waals surface area contributed by atoms with E-state index < -0.39 is 6.10 Å². The van der Waals surface area contributed by atoms with Gasteiger partial charge in [0.25, 0.3) is 0 Å². The van der Waals surface area contributed by atoms with Crippen LogP contribution < -0.4 is 0 Å². The van der Waals surface area contributed by atoms with Crippen molar-refractivity contribution in [3.05, 3.63) is 48.6 Å². The topological polar surface area (TPSA) is 78.9 Å². The van der Waals surface area contributed by atoms with E-state index in [0.717, 1.165) is 70.6 Å². The van der Waals surface area contributed by atoms with Gasteiger partial charge in [-0.1, -0.05) is 275 Å². The van der Waals surface area contributed by atoms with Crippen LogP contribution in [0.5, 0.6) is 0 Å². The summed E-state index contributed by atoms with van der Waals surface area (Å²) in [7, 11) is 0. The molecular weight excluding hydrogens is 877 g/mol. The zero-order chi connectivity index (χ0) is 51.4. The molecule has 71 heavy (non-hydrogen) atoms. The molecule has 0 aromatic heterocycles. The summed E-state index contributed by atoms with van der Waals surface area (Å²) in [6.07, 6.45) is 74.0. The average Bonchev–Trinajstić information content (AvgIpc) is 3.37. The van der Waals surface area contributed by atoms with Crippen molar-refractivity contribution >= 4 is 17.9 Å². The third-order valence-electron chi connectivity index (χ3n) is 13.8. The van der Waals surface area contributed by atoms with Crippen molar-refractivity contribution in [2.24, 2.45) is 0 Å². The van der Waals surface area contributed by atoms with E-state index in [0.29, 0.717) is 19.3 Å². The van der Waals surface area contributed by atoms with Gasteiger partial charge in [0, 0.05) is 19.3 Å². The van der Waals surface area contributed by atoms with Gasteiger partial charge in [-0.2, -0.15) is 0 Å². The Hall–Kier alpha value is -2.63. The van der Waals surface area contributed by atoms with Gasteiger partial charge in [-0.15, -0.1) is 0 Å². The van der Waals surface area contributed by atoms with Crippen molar-refractivity contribution in [2.75, 3.05) is 13.2 Å². The van der Waals surface area contributed by atoms with Crippen LogP contribution >= 0.6 is 0 Å². The van der Waals surface area contributed by atoms with Gasteiger partial charge < -0.3 is 14.2 Å². The number of esters is 3. The fourth-order valence-electron chi connectivity index (χ4n) is 9.09. The highest BCUT2D eigenvalue weighted by atomic mass is 16.6. The van der Waals surface area contributed by atoms with Gasteiger partial charge in [0.15, 0.2) is 6.10 Å². The lowest BCUT2D eigenvalue weighted by atomic mass is 10.0. The Bertz CT molecular complexity index is 1230. The van der Waals surface area contributed by atoms with E-state index in [1.165, 1.54) is 218 Å². The predicted molar refractivity (Wildman–Crippen MR) is 307 cm³/mol. The Kier molecular flexibility index (Phi) is 57.7. The molecule has 0 aromatic rings. The first-order chi connectivity index (χ1) is 35.0. The maximum atomic E-state index is 12.9. The largest absolute Gasteiger partial charge is 0.462 e.